The highest BCUT2D eigenvalue weighted by atomic mass is 19.4. The van der Waals surface area contributed by atoms with E-state index in [-0.39, 0.29) is 18.3 Å². The van der Waals surface area contributed by atoms with Crippen LogP contribution in [0.15, 0.2) is 95.4 Å². The summed E-state index contributed by atoms with van der Waals surface area (Å²) in [4.78, 5) is 19.1. The van der Waals surface area contributed by atoms with Crippen LogP contribution in [0.3, 0.4) is 0 Å². The van der Waals surface area contributed by atoms with E-state index >= 15 is 0 Å². The lowest BCUT2D eigenvalue weighted by Gasteiger charge is -2.24. The second-order valence-corrected chi connectivity index (χ2v) is 11.2. The number of aromatic nitrogens is 1. The second kappa shape index (κ2) is 12.1. The molecule has 0 aliphatic heterocycles. The molecule has 5 aromatic rings. The average molecular weight is 587 g/mol. The van der Waals surface area contributed by atoms with Crippen molar-refractivity contribution in [1.82, 2.24) is 9.88 Å². The summed E-state index contributed by atoms with van der Waals surface area (Å²) >= 11 is 0. The van der Waals surface area contributed by atoms with Crippen molar-refractivity contribution in [3.05, 3.63) is 125 Å². The molecule has 0 aliphatic rings. The molecule has 222 valence electrons. The molecule has 0 bridgehead atoms. The SMILES string of the molecule is COC(=O)C(C)(C)c1cccc(-c2ccc(CN(Cc3ccc(C(F)(F)F)o3)Cc3c(C)ccc4ccccc34)cc2)n1. The fraction of sp³-hybridized carbons (Fsp3) is 0.257. The van der Waals surface area contributed by atoms with E-state index in [9.17, 15) is 18.0 Å². The van der Waals surface area contributed by atoms with Gasteiger partial charge in [-0.15, -0.1) is 0 Å². The maximum Gasteiger partial charge on any atom is 0.449 e. The van der Waals surface area contributed by atoms with Crippen LogP contribution in [0.25, 0.3) is 22.0 Å². The Morgan fingerprint density at radius 3 is 2.30 bits per heavy atom. The Hall–Kier alpha value is -4.43. The van der Waals surface area contributed by atoms with Crippen LogP contribution < -0.4 is 0 Å². The van der Waals surface area contributed by atoms with Gasteiger partial charge in [0.1, 0.15) is 11.2 Å². The van der Waals surface area contributed by atoms with Gasteiger partial charge in [-0.05, 0) is 72.5 Å². The van der Waals surface area contributed by atoms with Crippen molar-refractivity contribution in [3.63, 3.8) is 0 Å². The highest BCUT2D eigenvalue weighted by molar-refractivity contribution is 5.86. The summed E-state index contributed by atoms with van der Waals surface area (Å²) in [5.74, 6) is -1.12. The van der Waals surface area contributed by atoms with E-state index in [1.807, 2.05) is 55.5 Å². The Labute approximate surface area is 248 Å². The van der Waals surface area contributed by atoms with E-state index in [0.717, 1.165) is 44.8 Å². The first-order valence-electron chi connectivity index (χ1n) is 14.0. The van der Waals surface area contributed by atoms with Crippen molar-refractivity contribution in [1.29, 1.82) is 0 Å². The standard InChI is InChI=1S/C35H33F3N2O3/c1-23-12-15-25-8-5-6-9-28(25)29(23)22-40(21-27-18-19-32(43-27)35(36,37)38)20-24-13-16-26(17-14-24)30-10-7-11-31(39-30)34(2,3)33(41)42-4/h5-19H,20-22H2,1-4H3. The first-order chi connectivity index (χ1) is 20.5. The predicted octanol–water partition coefficient (Wildman–Crippen LogP) is 8.48. The number of rotatable bonds is 9. The molecule has 43 heavy (non-hydrogen) atoms. The molecule has 3 aromatic carbocycles. The number of benzene rings is 3. The zero-order valence-electron chi connectivity index (χ0n) is 24.5. The quantitative estimate of drug-likeness (QED) is 0.162. The summed E-state index contributed by atoms with van der Waals surface area (Å²) < 4.78 is 49.9. The summed E-state index contributed by atoms with van der Waals surface area (Å²) in [5, 5.41) is 2.22. The fourth-order valence-corrected chi connectivity index (χ4v) is 5.22. The molecule has 2 heterocycles. The van der Waals surface area contributed by atoms with Crippen LogP contribution in [-0.2, 0) is 40.8 Å². The predicted molar refractivity (Wildman–Crippen MR) is 160 cm³/mol. The number of hydrogen-bond acceptors (Lipinski definition) is 5. The zero-order chi connectivity index (χ0) is 30.8. The number of carbonyl (C=O) groups excluding carboxylic acids is 1. The smallest absolute Gasteiger partial charge is 0.449 e. The molecule has 0 unspecified atom stereocenters. The first kappa shape index (κ1) is 30.0. The molecule has 5 nitrogen and oxygen atoms in total. The molecular weight excluding hydrogens is 553 g/mol. The van der Waals surface area contributed by atoms with Crippen LogP contribution >= 0.6 is 0 Å². The molecule has 0 saturated carbocycles. The minimum absolute atomic E-state index is 0.201. The summed E-state index contributed by atoms with van der Waals surface area (Å²) in [6, 6.07) is 28.1. The summed E-state index contributed by atoms with van der Waals surface area (Å²) in [5.41, 5.74) is 4.51. The molecule has 0 radical (unpaired) electrons. The molecule has 5 rings (SSSR count). The zero-order valence-corrected chi connectivity index (χ0v) is 24.5. The van der Waals surface area contributed by atoms with E-state index in [4.69, 9.17) is 14.1 Å². The number of nitrogens with zero attached hydrogens (tertiary/aromatic N) is 2. The lowest BCUT2D eigenvalue weighted by Crippen LogP contribution is -2.31. The molecule has 0 amide bonds. The average Bonchev–Trinajstić information content (AvgIpc) is 3.48. The Balaban J connectivity index is 1.43. The molecule has 0 spiro atoms. The van der Waals surface area contributed by atoms with Crippen molar-refractivity contribution in [3.8, 4) is 11.3 Å². The first-order valence-corrected chi connectivity index (χ1v) is 14.0. The highest BCUT2D eigenvalue weighted by Crippen LogP contribution is 2.32. The minimum Gasteiger partial charge on any atom is -0.468 e. The lowest BCUT2D eigenvalue weighted by molar-refractivity contribution is -0.153. The topological polar surface area (TPSA) is 55.6 Å². The Bertz CT molecular complexity index is 1740. The number of halogens is 3. The van der Waals surface area contributed by atoms with Gasteiger partial charge in [-0.2, -0.15) is 13.2 Å². The Kier molecular flexibility index (Phi) is 8.42. The van der Waals surface area contributed by atoms with Gasteiger partial charge in [0, 0.05) is 18.7 Å². The third-order valence-electron chi connectivity index (χ3n) is 7.72. The van der Waals surface area contributed by atoms with Crippen LogP contribution in [0.2, 0.25) is 0 Å². The summed E-state index contributed by atoms with van der Waals surface area (Å²) in [7, 11) is 1.36. The number of carbonyl (C=O) groups is 1. The monoisotopic (exact) mass is 586 g/mol. The number of hydrogen-bond donors (Lipinski definition) is 0. The highest BCUT2D eigenvalue weighted by Gasteiger charge is 2.35. The van der Waals surface area contributed by atoms with E-state index in [2.05, 4.69) is 29.2 Å². The van der Waals surface area contributed by atoms with Gasteiger partial charge in [0.05, 0.1) is 25.0 Å². The van der Waals surface area contributed by atoms with Crippen LogP contribution in [0.1, 0.15) is 47.8 Å². The van der Waals surface area contributed by atoms with Crippen molar-refractivity contribution in [2.75, 3.05) is 7.11 Å². The van der Waals surface area contributed by atoms with Gasteiger partial charge in [0.25, 0.3) is 0 Å². The van der Waals surface area contributed by atoms with Crippen molar-refractivity contribution in [2.45, 2.75) is 52.0 Å². The summed E-state index contributed by atoms with van der Waals surface area (Å²) in [6.45, 7) is 6.80. The largest absolute Gasteiger partial charge is 0.468 e. The Morgan fingerprint density at radius 1 is 0.860 bits per heavy atom. The van der Waals surface area contributed by atoms with Gasteiger partial charge in [0.15, 0.2) is 0 Å². The maximum absolute atomic E-state index is 13.2. The van der Waals surface area contributed by atoms with Crippen molar-refractivity contribution >= 4 is 16.7 Å². The van der Waals surface area contributed by atoms with Crippen LogP contribution in [-0.4, -0.2) is 23.0 Å². The molecular formula is C35H33F3N2O3. The van der Waals surface area contributed by atoms with E-state index < -0.39 is 17.4 Å². The molecule has 8 heteroatoms. The fourth-order valence-electron chi connectivity index (χ4n) is 5.22. The van der Waals surface area contributed by atoms with Crippen molar-refractivity contribution < 1.29 is 27.1 Å². The van der Waals surface area contributed by atoms with Gasteiger partial charge in [-0.1, -0.05) is 66.7 Å². The van der Waals surface area contributed by atoms with Crippen molar-refractivity contribution in [2.24, 2.45) is 0 Å². The number of fused-ring (bicyclic) bond motifs is 1. The van der Waals surface area contributed by atoms with Crippen LogP contribution in [0, 0.1) is 6.92 Å². The number of pyridine rings is 1. The van der Waals surface area contributed by atoms with Crippen LogP contribution in [0.5, 0.6) is 0 Å². The molecule has 0 saturated heterocycles. The van der Waals surface area contributed by atoms with E-state index in [0.29, 0.717) is 18.8 Å². The Morgan fingerprint density at radius 2 is 1.60 bits per heavy atom. The van der Waals surface area contributed by atoms with Gasteiger partial charge >= 0.3 is 12.1 Å². The van der Waals surface area contributed by atoms with Gasteiger partial charge in [-0.3, -0.25) is 14.7 Å². The number of aryl methyl sites for hydroxylation is 1. The molecule has 2 aromatic heterocycles. The van der Waals surface area contributed by atoms with Gasteiger partial charge in [0.2, 0.25) is 5.76 Å². The second-order valence-electron chi connectivity index (χ2n) is 11.2. The third kappa shape index (κ3) is 6.65. The van der Waals surface area contributed by atoms with Crippen LogP contribution in [0.4, 0.5) is 13.2 Å². The number of methoxy groups -OCH3 is 1. The van der Waals surface area contributed by atoms with Gasteiger partial charge < -0.3 is 9.15 Å². The number of esters is 1. The molecule has 0 N–H and O–H groups in total. The number of furan rings is 1. The van der Waals surface area contributed by atoms with E-state index in [1.165, 1.54) is 13.2 Å². The molecule has 0 aliphatic carbocycles. The third-order valence-corrected chi connectivity index (χ3v) is 7.72. The lowest BCUT2D eigenvalue weighted by atomic mass is 9.88. The molecule has 0 atom stereocenters. The molecule has 0 fully saturated rings. The number of alkyl halides is 3. The van der Waals surface area contributed by atoms with Gasteiger partial charge in [-0.25, -0.2) is 0 Å². The summed E-state index contributed by atoms with van der Waals surface area (Å²) in [6.07, 6.45) is -4.54. The maximum atomic E-state index is 13.2. The number of ether oxygens (including phenoxy) is 1. The minimum atomic E-state index is -4.54. The normalized spacial score (nSPS) is 12.2. The van der Waals surface area contributed by atoms with E-state index in [1.54, 1.807) is 19.9 Å².